The minimum atomic E-state index is -0.986. The molecule has 24 heavy (non-hydrogen) atoms. The number of ether oxygens (including phenoxy) is 1. The van der Waals surface area contributed by atoms with E-state index in [9.17, 15) is 14.4 Å². The van der Waals surface area contributed by atoms with Gasteiger partial charge < -0.3 is 14.7 Å². The van der Waals surface area contributed by atoms with Gasteiger partial charge in [-0.3, -0.25) is 14.5 Å². The van der Waals surface area contributed by atoms with E-state index in [4.69, 9.17) is 9.84 Å². The lowest BCUT2D eigenvalue weighted by Gasteiger charge is -2.24. The molecule has 1 aromatic rings. The number of anilines is 2. The molecule has 0 spiro atoms. The third-order valence-electron chi connectivity index (χ3n) is 3.53. The summed E-state index contributed by atoms with van der Waals surface area (Å²) in [7, 11) is 1.54. The minimum absolute atomic E-state index is 0.0190. The first-order valence-corrected chi connectivity index (χ1v) is 7.54. The van der Waals surface area contributed by atoms with Crippen LogP contribution in [0.4, 0.5) is 16.3 Å². The fourth-order valence-electron chi connectivity index (χ4n) is 2.28. The van der Waals surface area contributed by atoms with Crippen molar-refractivity contribution in [1.29, 1.82) is 0 Å². The van der Waals surface area contributed by atoms with Crippen molar-refractivity contribution in [3.63, 3.8) is 0 Å². The molecule has 0 bridgehead atoms. The molecule has 2 amide bonds. The molecule has 1 aliphatic rings. The first kappa shape index (κ1) is 17.7. The van der Waals surface area contributed by atoms with Crippen LogP contribution < -0.4 is 9.80 Å². The molecule has 0 aliphatic carbocycles. The van der Waals surface area contributed by atoms with Crippen molar-refractivity contribution in [2.24, 2.45) is 5.92 Å². The Bertz CT molecular complexity index is 651. The van der Waals surface area contributed by atoms with Crippen molar-refractivity contribution < 1.29 is 24.2 Å². The fourth-order valence-corrected chi connectivity index (χ4v) is 2.28. The predicted octanol–water partition coefficient (Wildman–Crippen LogP) is 1.89. The Morgan fingerprint density at radius 3 is 2.50 bits per heavy atom. The van der Waals surface area contributed by atoms with Crippen molar-refractivity contribution in [3.05, 3.63) is 18.3 Å². The molecule has 0 saturated carbocycles. The molecule has 1 atom stereocenters. The summed E-state index contributed by atoms with van der Waals surface area (Å²) in [5, 5.41) is 9.01. The average molecular weight is 335 g/mol. The molecule has 0 radical (unpaired) electrons. The number of hydrogen-bond acceptors (Lipinski definition) is 5. The molecule has 2 heterocycles. The standard InChI is InChI=1S/C16H21N3O5/c1-16(2,3)24-15(23)18(4)12-6-5-11(8-17-12)19-9-10(14(21)22)7-13(19)20/h5-6,8,10H,7,9H2,1-4H3,(H,21,22). The summed E-state index contributed by atoms with van der Waals surface area (Å²) in [6, 6.07) is 3.21. The van der Waals surface area contributed by atoms with Gasteiger partial charge in [0.05, 0.1) is 17.8 Å². The third kappa shape index (κ3) is 4.01. The van der Waals surface area contributed by atoms with Crippen LogP contribution in [0.1, 0.15) is 27.2 Å². The highest BCUT2D eigenvalue weighted by Crippen LogP contribution is 2.26. The van der Waals surface area contributed by atoms with Gasteiger partial charge in [-0.25, -0.2) is 9.78 Å². The van der Waals surface area contributed by atoms with Gasteiger partial charge in [0.15, 0.2) is 0 Å². The number of carbonyl (C=O) groups is 3. The molecular formula is C16H21N3O5. The van der Waals surface area contributed by atoms with Crippen molar-refractivity contribution in [3.8, 4) is 0 Å². The lowest BCUT2D eigenvalue weighted by molar-refractivity contribution is -0.141. The maximum absolute atomic E-state index is 12.0. The lowest BCUT2D eigenvalue weighted by atomic mass is 10.1. The highest BCUT2D eigenvalue weighted by atomic mass is 16.6. The molecule has 130 valence electrons. The normalized spacial score (nSPS) is 17.8. The van der Waals surface area contributed by atoms with E-state index in [1.165, 1.54) is 23.0 Å². The Kier molecular flexibility index (Phi) is 4.77. The zero-order chi connectivity index (χ0) is 18.1. The van der Waals surface area contributed by atoms with Crippen LogP contribution in [-0.2, 0) is 14.3 Å². The van der Waals surface area contributed by atoms with Crippen LogP contribution in [0.2, 0.25) is 0 Å². The summed E-state index contributed by atoms with van der Waals surface area (Å²) in [5.74, 6) is -1.58. The number of carboxylic acids is 1. The van der Waals surface area contributed by atoms with Crippen LogP contribution in [0.5, 0.6) is 0 Å². The van der Waals surface area contributed by atoms with E-state index in [-0.39, 0.29) is 18.9 Å². The van der Waals surface area contributed by atoms with Crippen LogP contribution >= 0.6 is 0 Å². The topological polar surface area (TPSA) is 100 Å². The first-order valence-electron chi connectivity index (χ1n) is 7.54. The van der Waals surface area contributed by atoms with Gasteiger partial charge in [-0.05, 0) is 32.9 Å². The van der Waals surface area contributed by atoms with E-state index < -0.39 is 23.6 Å². The molecule has 2 rings (SSSR count). The van der Waals surface area contributed by atoms with Gasteiger partial charge in [0.1, 0.15) is 11.4 Å². The van der Waals surface area contributed by atoms with Crippen LogP contribution in [0.3, 0.4) is 0 Å². The van der Waals surface area contributed by atoms with Gasteiger partial charge in [0.2, 0.25) is 5.91 Å². The Balaban J connectivity index is 2.09. The van der Waals surface area contributed by atoms with Crippen LogP contribution in [-0.4, -0.2) is 47.3 Å². The summed E-state index contributed by atoms with van der Waals surface area (Å²) < 4.78 is 5.26. The second kappa shape index (κ2) is 6.46. The molecule has 1 fully saturated rings. The second-order valence-corrected chi connectivity index (χ2v) is 6.66. The summed E-state index contributed by atoms with van der Waals surface area (Å²) in [5.41, 5.74) is -0.107. The Labute approximate surface area is 140 Å². The quantitative estimate of drug-likeness (QED) is 0.905. The van der Waals surface area contributed by atoms with Crippen LogP contribution in [0.25, 0.3) is 0 Å². The maximum atomic E-state index is 12.0. The van der Waals surface area contributed by atoms with E-state index in [0.717, 1.165) is 0 Å². The fraction of sp³-hybridized carbons (Fsp3) is 0.500. The highest BCUT2D eigenvalue weighted by molar-refractivity contribution is 5.99. The van der Waals surface area contributed by atoms with Crippen molar-refractivity contribution in [2.75, 3.05) is 23.4 Å². The van der Waals surface area contributed by atoms with Crippen molar-refractivity contribution >= 4 is 29.5 Å². The second-order valence-electron chi connectivity index (χ2n) is 6.66. The summed E-state index contributed by atoms with van der Waals surface area (Å²) in [6.45, 7) is 5.43. The Morgan fingerprint density at radius 2 is 2.04 bits per heavy atom. The van der Waals surface area contributed by atoms with E-state index >= 15 is 0 Å². The number of amides is 2. The van der Waals surface area contributed by atoms with E-state index in [0.29, 0.717) is 11.5 Å². The number of aromatic nitrogens is 1. The van der Waals surface area contributed by atoms with Gasteiger partial charge in [-0.15, -0.1) is 0 Å². The number of carbonyl (C=O) groups excluding carboxylic acids is 2. The molecule has 1 aromatic heterocycles. The summed E-state index contributed by atoms with van der Waals surface area (Å²) in [6.07, 6.45) is 0.888. The number of aliphatic carboxylic acids is 1. The van der Waals surface area contributed by atoms with Gasteiger partial charge in [-0.1, -0.05) is 0 Å². The number of hydrogen-bond donors (Lipinski definition) is 1. The smallest absolute Gasteiger partial charge is 0.415 e. The predicted molar refractivity (Wildman–Crippen MR) is 87.0 cm³/mol. The van der Waals surface area contributed by atoms with Gasteiger partial charge in [-0.2, -0.15) is 0 Å². The SMILES string of the molecule is CN(C(=O)OC(C)(C)C)c1ccc(N2CC(C(=O)O)CC2=O)cn1. The molecular weight excluding hydrogens is 314 g/mol. The molecule has 1 unspecified atom stereocenters. The van der Waals surface area contributed by atoms with E-state index in [1.54, 1.807) is 32.9 Å². The number of rotatable bonds is 3. The van der Waals surface area contributed by atoms with Crippen LogP contribution in [0, 0.1) is 5.92 Å². The molecule has 1 saturated heterocycles. The van der Waals surface area contributed by atoms with Gasteiger partial charge in [0, 0.05) is 20.0 Å². The lowest BCUT2D eigenvalue weighted by Crippen LogP contribution is -2.34. The molecule has 1 N–H and O–H groups in total. The summed E-state index contributed by atoms with van der Waals surface area (Å²) >= 11 is 0. The Morgan fingerprint density at radius 1 is 1.38 bits per heavy atom. The van der Waals surface area contributed by atoms with Crippen LogP contribution in [0.15, 0.2) is 18.3 Å². The third-order valence-corrected chi connectivity index (χ3v) is 3.53. The molecule has 8 nitrogen and oxygen atoms in total. The zero-order valence-corrected chi connectivity index (χ0v) is 14.1. The van der Waals surface area contributed by atoms with E-state index in [2.05, 4.69) is 4.98 Å². The largest absolute Gasteiger partial charge is 0.481 e. The van der Waals surface area contributed by atoms with E-state index in [1.807, 2.05) is 0 Å². The monoisotopic (exact) mass is 335 g/mol. The van der Waals surface area contributed by atoms with Crippen molar-refractivity contribution in [2.45, 2.75) is 32.8 Å². The first-order chi connectivity index (χ1) is 11.1. The molecule has 1 aliphatic heterocycles. The van der Waals surface area contributed by atoms with Gasteiger partial charge >= 0.3 is 12.1 Å². The Hall–Kier alpha value is -2.64. The maximum Gasteiger partial charge on any atom is 0.415 e. The average Bonchev–Trinajstić information content (AvgIpc) is 2.87. The zero-order valence-electron chi connectivity index (χ0n) is 14.1. The highest BCUT2D eigenvalue weighted by Gasteiger charge is 2.35. The van der Waals surface area contributed by atoms with Gasteiger partial charge in [0.25, 0.3) is 0 Å². The number of nitrogens with zero attached hydrogens (tertiary/aromatic N) is 3. The molecule has 8 heteroatoms. The minimum Gasteiger partial charge on any atom is -0.481 e. The number of carboxylic acid groups (broad SMARTS) is 1. The number of pyridine rings is 1. The summed E-state index contributed by atoms with van der Waals surface area (Å²) in [4.78, 5) is 41.8. The molecule has 0 aromatic carbocycles. The van der Waals surface area contributed by atoms with Crippen molar-refractivity contribution in [1.82, 2.24) is 4.98 Å².